The average Bonchev–Trinajstić information content (AvgIpc) is 3.11. The monoisotopic (exact) mass is 396 g/mol. The van der Waals surface area contributed by atoms with E-state index in [1.54, 1.807) is 0 Å². The molecule has 28 heavy (non-hydrogen) atoms. The minimum atomic E-state index is -0.466. The van der Waals surface area contributed by atoms with Crippen molar-refractivity contribution in [2.45, 2.75) is 30.5 Å². The minimum absolute atomic E-state index is 0.114. The van der Waals surface area contributed by atoms with Crippen molar-refractivity contribution in [3.05, 3.63) is 42.5 Å². The van der Waals surface area contributed by atoms with E-state index in [1.165, 1.54) is 0 Å². The number of benzene rings is 2. The fourth-order valence-electron chi connectivity index (χ4n) is 3.15. The molecule has 1 aromatic heterocycles. The van der Waals surface area contributed by atoms with Crippen LogP contribution in [0, 0.1) is 0 Å². The van der Waals surface area contributed by atoms with Gasteiger partial charge in [0.15, 0.2) is 0 Å². The van der Waals surface area contributed by atoms with Crippen LogP contribution in [0.1, 0.15) is 19.3 Å². The number of hydrogen-bond acceptors (Lipinski definition) is 6. The third-order valence-electron chi connectivity index (χ3n) is 4.60. The van der Waals surface area contributed by atoms with E-state index in [0.29, 0.717) is 24.1 Å². The number of rotatable bonds is 5. The Kier molecular flexibility index (Phi) is 5.57. The van der Waals surface area contributed by atoms with Crippen molar-refractivity contribution in [3.8, 4) is 11.5 Å². The first-order chi connectivity index (χ1) is 13.7. The molecule has 1 saturated heterocycles. The van der Waals surface area contributed by atoms with Crippen LogP contribution in [0.3, 0.4) is 0 Å². The number of aromatic nitrogens is 2. The zero-order chi connectivity index (χ0) is 19.3. The van der Waals surface area contributed by atoms with Gasteiger partial charge in [-0.25, -0.2) is 0 Å². The zero-order valence-electron chi connectivity index (χ0n) is 15.2. The van der Waals surface area contributed by atoms with Crippen LogP contribution in [0.2, 0.25) is 0 Å². The summed E-state index contributed by atoms with van der Waals surface area (Å²) < 4.78 is 5.68. The molecule has 1 fully saturated rings. The molecule has 0 spiro atoms. The number of nitrogens with zero attached hydrogens (tertiary/aromatic N) is 2. The largest absolute Gasteiger partial charge is 0.411 e. The predicted octanol–water partition coefficient (Wildman–Crippen LogP) is 2.77. The maximum absolute atomic E-state index is 12.2. The van der Waals surface area contributed by atoms with Crippen molar-refractivity contribution in [2.24, 2.45) is 0 Å². The van der Waals surface area contributed by atoms with Gasteiger partial charge in [-0.05, 0) is 42.2 Å². The van der Waals surface area contributed by atoms with E-state index in [4.69, 9.17) is 4.42 Å². The molecule has 3 aromatic rings. The molecule has 2 amide bonds. The van der Waals surface area contributed by atoms with E-state index in [2.05, 4.69) is 20.8 Å². The minimum Gasteiger partial charge on any atom is -0.411 e. The quantitative estimate of drug-likeness (QED) is 0.644. The molecule has 0 saturated carbocycles. The van der Waals surface area contributed by atoms with Crippen molar-refractivity contribution in [1.29, 1.82) is 0 Å². The van der Waals surface area contributed by atoms with Gasteiger partial charge in [-0.3, -0.25) is 9.59 Å². The number of fused-ring (bicyclic) bond motifs is 1. The van der Waals surface area contributed by atoms with Crippen molar-refractivity contribution in [3.63, 3.8) is 0 Å². The molecule has 2 N–H and O–H groups in total. The van der Waals surface area contributed by atoms with E-state index in [1.807, 2.05) is 42.5 Å². The molecule has 8 heteroatoms. The molecule has 2 aromatic carbocycles. The maximum Gasteiger partial charge on any atom is 0.277 e. The van der Waals surface area contributed by atoms with Crippen molar-refractivity contribution >= 4 is 34.3 Å². The Balaban J connectivity index is 1.36. The zero-order valence-corrected chi connectivity index (χ0v) is 16.0. The van der Waals surface area contributed by atoms with Gasteiger partial charge in [-0.2, -0.15) is 0 Å². The smallest absolute Gasteiger partial charge is 0.277 e. The Labute approximate surface area is 166 Å². The molecule has 0 bridgehead atoms. The lowest BCUT2D eigenvalue weighted by Gasteiger charge is -2.14. The first kappa shape index (κ1) is 18.5. The Hall–Kier alpha value is -2.87. The third-order valence-corrected chi connectivity index (χ3v) is 5.42. The topological polar surface area (TPSA) is 97.1 Å². The molecule has 1 aliphatic heterocycles. The lowest BCUT2D eigenvalue weighted by atomic mass is 10.1. The second kappa shape index (κ2) is 8.43. The van der Waals surface area contributed by atoms with Crippen LogP contribution < -0.4 is 10.6 Å². The summed E-state index contributed by atoms with van der Waals surface area (Å²) in [6, 6.07) is 13.5. The summed E-state index contributed by atoms with van der Waals surface area (Å²) in [5, 5.41) is 16.2. The summed E-state index contributed by atoms with van der Waals surface area (Å²) in [6.45, 7) is 0.666. The highest BCUT2D eigenvalue weighted by atomic mass is 32.2. The standard InChI is InChI=1S/C20H20N4O3S/c25-17(22-16-7-3-4-10-21-18(16)26)12-28-20-24-23-19(27-20)15-9-8-13-5-1-2-6-14(13)11-15/h1-2,5-6,8-9,11,16H,3-4,7,10,12H2,(H,21,26)(H,22,25). The van der Waals surface area contributed by atoms with E-state index >= 15 is 0 Å². The number of carbonyl (C=O) groups is 2. The molecule has 144 valence electrons. The summed E-state index contributed by atoms with van der Waals surface area (Å²) in [6.07, 6.45) is 2.51. The fourth-order valence-corrected chi connectivity index (χ4v) is 3.72. The fraction of sp³-hybridized carbons (Fsp3) is 0.300. The van der Waals surface area contributed by atoms with Gasteiger partial charge in [0.25, 0.3) is 5.22 Å². The van der Waals surface area contributed by atoms with Crippen LogP contribution in [0.5, 0.6) is 0 Å². The van der Waals surface area contributed by atoms with Gasteiger partial charge in [-0.15, -0.1) is 10.2 Å². The van der Waals surface area contributed by atoms with Gasteiger partial charge in [0.1, 0.15) is 6.04 Å². The lowest BCUT2D eigenvalue weighted by molar-refractivity contribution is -0.127. The first-order valence-corrected chi connectivity index (χ1v) is 10.2. The van der Waals surface area contributed by atoms with Crippen LogP contribution in [-0.4, -0.2) is 40.4 Å². The number of hydrogen-bond donors (Lipinski definition) is 2. The molecular formula is C20H20N4O3S. The normalized spacial score (nSPS) is 17.1. The Morgan fingerprint density at radius 2 is 2.04 bits per heavy atom. The van der Waals surface area contributed by atoms with Crippen LogP contribution in [-0.2, 0) is 9.59 Å². The second-order valence-electron chi connectivity index (χ2n) is 6.63. The summed E-state index contributed by atoms with van der Waals surface area (Å²) in [5.74, 6) is 0.185. The van der Waals surface area contributed by atoms with Crippen molar-refractivity contribution in [1.82, 2.24) is 20.8 Å². The average molecular weight is 396 g/mol. The number of nitrogens with one attached hydrogen (secondary N) is 2. The highest BCUT2D eigenvalue weighted by molar-refractivity contribution is 7.99. The van der Waals surface area contributed by atoms with Gasteiger partial charge in [-0.1, -0.05) is 42.1 Å². The summed E-state index contributed by atoms with van der Waals surface area (Å²) >= 11 is 1.16. The summed E-state index contributed by atoms with van der Waals surface area (Å²) in [7, 11) is 0. The first-order valence-electron chi connectivity index (χ1n) is 9.21. The summed E-state index contributed by atoms with van der Waals surface area (Å²) in [5.41, 5.74) is 0.831. The number of carbonyl (C=O) groups excluding carboxylic acids is 2. The Morgan fingerprint density at radius 3 is 2.93 bits per heavy atom. The summed E-state index contributed by atoms with van der Waals surface area (Å²) in [4.78, 5) is 24.1. The Bertz CT molecular complexity index is 1000. The maximum atomic E-state index is 12.2. The van der Waals surface area contributed by atoms with Crippen LogP contribution in [0.4, 0.5) is 0 Å². The predicted molar refractivity (Wildman–Crippen MR) is 107 cm³/mol. The van der Waals surface area contributed by atoms with E-state index < -0.39 is 6.04 Å². The molecule has 1 unspecified atom stereocenters. The van der Waals surface area contributed by atoms with Gasteiger partial charge >= 0.3 is 0 Å². The third kappa shape index (κ3) is 4.33. The molecule has 0 radical (unpaired) electrons. The highest BCUT2D eigenvalue weighted by Gasteiger charge is 2.22. The van der Waals surface area contributed by atoms with E-state index in [-0.39, 0.29) is 17.6 Å². The number of thioether (sulfide) groups is 1. The SMILES string of the molecule is O=C(CSc1nnc(-c2ccc3ccccc3c2)o1)NC1CCCCNC1=O. The van der Waals surface area contributed by atoms with Crippen molar-refractivity contribution < 1.29 is 14.0 Å². The molecule has 2 heterocycles. The van der Waals surface area contributed by atoms with E-state index in [0.717, 1.165) is 40.9 Å². The van der Waals surface area contributed by atoms with Crippen molar-refractivity contribution in [2.75, 3.05) is 12.3 Å². The second-order valence-corrected chi connectivity index (χ2v) is 7.56. The van der Waals surface area contributed by atoms with Crippen LogP contribution in [0.15, 0.2) is 52.1 Å². The van der Waals surface area contributed by atoms with Gasteiger partial charge < -0.3 is 15.1 Å². The van der Waals surface area contributed by atoms with Gasteiger partial charge in [0.05, 0.1) is 5.75 Å². The molecular weight excluding hydrogens is 376 g/mol. The van der Waals surface area contributed by atoms with Gasteiger partial charge in [0, 0.05) is 12.1 Å². The molecule has 4 rings (SSSR count). The van der Waals surface area contributed by atoms with Gasteiger partial charge in [0.2, 0.25) is 17.7 Å². The molecule has 1 aliphatic rings. The van der Waals surface area contributed by atoms with Crippen LogP contribution >= 0.6 is 11.8 Å². The number of amides is 2. The molecule has 7 nitrogen and oxygen atoms in total. The van der Waals surface area contributed by atoms with E-state index in [9.17, 15) is 9.59 Å². The molecule has 0 aliphatic carbocycles. The highest BCUT2D eigenvalue weighted by Crippen LogP contribution is 2.26. The lowest BCUT2D eigenvalue weighted by Crippen LogP contribution is -2.46. The van der Waals surface area contributed by atoms with Crippen LogP contribution in [0.25, 0.3) is 22.2 Å². The molecule has 1 atom stereocenters. The Morgan fingerprint density at radius 1 is 1.18 bits per heavy atom.